The monoisotopic (exact) mass is 410 g/mol. The Kier molecular flexibility index (Phi) is 7.27. The Balaban J connectivity index is 1.49. The smallest absolute Gasteiger partial charge is 0.261 e. The van der Waals surface area contributed by atoms with Crippen LogP contribution in [0.3, 0.4) is 0 Å². The fourth-order valence-electron chi connectivity index (χ4n) is 2.85. The molecular formula is C23H24NO4S. The van der Waals surface area contributed by atoms with Crippen molar-refractivity contribution in [3.63, 3.8) is 0 Å². The number of sulfonamides is 1. The molecule has 0 aliphatic carbocycles. The van der Waals surface area contributed by atoms with Gasteiger partial charge in [-0.2, -0.15) is 0 Å². The Hall–Kier alpha value is -2.83. The Labute approximate surface area is 172 Å². The van der Waals surface area contributed by atoms with Gasteiger partial charge in [0, 0.05) is 18.2 Å². The lowest BCUT2D eigenvalue weighted by Crippen LogP contribution is -2.14. The van der Waals surface area contributed by atoms with Crippen LogP contribution in [-0.4, -0.2) is 26.2 Å². The van der Waals surface area contributed by atoms with Crippen LogP contribution in [0.25, 0.3) is 0 Å². The molecule has 29 heavy (non-hydrogen) atoms. The molecule has 0 aliphatic rings. The quantitative estimate of drug-likeness (QED) is 0.529. The Morgan fingerprint density at radius 1 is 0.966 bits per heavy atom. The molecule has 0 aromatic heterocycles. The van der Waals surface area contributed by atoms with Gasteiger partial charge in [-0.3, -0.25) is 4.72 Å². The highest BCUT2D eigenvalue weighted by molar-refractivity contribution is 7.92. The van der Waals surface area contributed by atoms with Gasteiger partial charge >= 0.3 is 0 Å². The van der Waals surface area contributed by atoms with Crippen LogP contribution in [0, 0.1) is 6.07 Å². The van der Waals surface area contributed by atoms with Crippen LogP contribution < -0.4 is 9.46 Å². The molecule has 0 heterocycles. The summed E-state index contributed by atoms with van der Waals surface area (Å²) >= 11 is 0. The van der Waals surface area contributed by atoms with E-state index < -0.39 is 16.1 Å². The summed E-state index contributed by atoms with van der Waals surface area (Å²) in [4.78, 5) is 0.219. The van der Waals surface area contributed by atoms with Crippen LogP contribution in [0.4, 0.5) is 5.69 Å². The number of hydrogen-bond donors (Lipinski definition) is 2. The second-order valence-electron chi connectivity index (χ2n) is 6.68. The highest BCUT2D eigenvalue weighted by atomic mass is 32.2. The number of ether oxygens (including phenoxy) is 1. The van der Waals surface area contributed by atoms with Crippen molar-refractivity contribution in [2.45, 2.75) is 30.3 Å². The molecule has 151 valence electrons. The van der Waals surface area contributed by atoms with Crippen LogP contribution >= 0.6 is 0 Å². The molecule has 1 atom stereocenters. The van der Waals surface area contributed by atoms with E-state index >= 15 is 0 Å². The summed E-state index contributed by atoms with van der Waals surface area (Å²) in [6, 6.07) is 25.8. The number of aliphatic hydroxyl groups is 1. The van der Waals surface area contributed by atoms with E-state index in [1.54, 1.807) is 54.6 Å². The molecule has 2 N–H and O–H groups in total. The van der Waals surface area contributed by atoms with Crippen molar-refractivity contribution < 1.29 is 18.3 Å². The maximum atomic E-state index is 12.4. The van der Waals surface area contributed by atoms with Gasteiger partial charge in [-0.15, -0.1) is 0 Å². The molecule has 3 rings (SSSR count). The molecule has 0 amide bonds. The molecule has 3 aromatic rings. The normalized spacial score (nSPS) is 12.3. The average Bonchev–Trinajstić information content (AvgIpc) is 2.74. The summed E-state index contributed by atoms with van der Waals surface area (Å²) < 4.78 is 33.0. The van der Waals surface area contributed by atoms with Crippen LogP contribution in [-0.2, 0) is 16.4 Å². The third kappa shape index (κ3) is 6.62. The molecule has 6 heteroatoms. The lowest BCUT2D eigenvalue weighted by Gasteiger charge is -2.13. The Morgan fingerprint density at radius 2 is 1.76 bits per heavy atom. The van der Waals surface area contributed by atoms with Crippen LogP contribution in [0.2, 0.25) is 0 Å². The van der Waals surface area contributed by atoms with Crippen molar-refractivity contribution in [1.29, 1.82) is 0 Å². The molecule has 1 radical (unpaired) electrons. The third-order valence-corrected chi connectivity index (χ3v) is 5.79. The number of benzene rings is 3. The molecule has 0 spiro atoms. The highest BCUT2D eigenvalue weighted by Gasteiger charge is 2.13. The van der Waals surface area contributed by atoms with Crippen molar-refractivity contribution in [3.05, 3.63) is 90.5 Å². The van der Waals surface area contributed by atoms with Crippen molar-refractivity contribution in [2.24, 2.45) is 0 Å². The van der Waals surface area contributed by atoms with Crippen LogP contribution in [0.5, 0.6) is 5.75 Å². The number of aryl methyl sites for hydroxylation is 1. The number of nitrogens with one attached hydrogen (secondary N) is 1. The molecule has 0 aliphatic heterocycles. The first-order chi connectivity index (χ1) is 14.0. The predicted octanol–water partition coefficient (Wildman–Crippen LogP) is 4.05. The zero-order valence-corrected chi connectivity index (χ0v) is 16.8. The predicted molar refractivity (Wildman–Crippen MR) is 113 cm³/mol. The second kappa shape index (κ2) is 10.1. The number of hydrogen-bond acceptors (Lipinski definition) is 4. The summed E-state index contributed by atoms with van der Waals surface area (Å²) in [5.41, 5.74) is 1.46. The van der Waals surface area contributed by atoms with E-state index in [9.17, 15) is 13.5 Å². The largest absolute Gasteiger partial charge is 0.493 e. The molecule has 3 aromatic carbocycles. The zero-order chi connectivity index (χ0) is 20.5. The SMILES string of the molecule is O=S(=O)(Nc1cccc(CC[C@H](O)CCOc2[c]cccc2)c1)c1ccccc1. The standard InChI is InChI=1S/C23H24NO4S/c25-21(16-17-28-22-10-3-1-4-11-22)15-14-19-8-7-9-20(18-19)24-29(26,27)23-12-5-2-6-13-23/h1-10,12-13,18,21,24-25H,14-17H2/t21-/m0/s1. The average molecular weight is 411 g/mol. The molecule has 0 saturated heterocycles. The Morgan fingerprint density at radius 3 is 2.52 bits per heavy atom. The molecule has 5 nitrogen and oxygen atoms in total. The van der Waals surface area contributed by atoms with Gasteiger partial charge < -0.3 is 9.84 Å². The van der Waals surface area contributed by atoms with E-state index in [2.05, 4.69) is 10.8 Å². The van der Waals surface area contributed by atoms with Crippen LogP contribution in [0.15, 0.2) is 83.8 Å². The summed E-state index contributed by atoms with van der Waals surface area (Å²) in [6.07, 6.45) is 1.22. The first-order valence-corrected chi connectivity index (χ1v) is 11.0. The number of aliphatic hydroxyl groups excluding tert-OH is 1. The maximum Gasteiger partial charge on any atom is 0.261 e. The third-order valence-electron chi connectivity index (χ3n) is 4.39. The van der Waals surface area contributed by atoms with Gasteiger partial charge in [0.2, 0.25) is 0 Å². The second-order valence-corrected chi connectivity index (χ2v) is 8.36. The first kappa shape index (κ1) is 20.9. The summed E-state index contributed by atoms with van der Waals surface area (Å²) in [5, 5.41) is 10.2. The van der Waals surface area contributed by atoms with Gasteiger partial charge in [-0.25, -0.2) is 8.42 Å². The first-order valence-electron chi connectivity index (χ1n) is 9.47. The minimum absolute atomic E-state index is 0.219. The van der Waals surface area contributed by atoms with E-state index in [1.807, 2.05) is 24.3 Å². The fourth-order valence-corrected chi connectivity index (χ4v) is 3.92. The van der Waals surface area contributed by atoms with Crippen molar-refractivity contribution in [3.8, 4) is 5.75 Å². The fraction of sp³-hybridized carbons (Fsp3) is 0.217. The summed E-state index contributed by atoms with van der Waals surface area (Å²) in [7, 11) is -3.62. The number of rotatable bonds is 10. The minimum Gasteiger partial charge on any atom is -0.493 e. The lowest BCUT2D eigenvalue weighted by atomic mass is 10.0. The van der Waals surface area contributed by atoms with Gasteiger partial charge in [0.15, 0.2) is 0 Å². The van der Waals surface area contributed by atoms with Crippen molar-refractivity contribution in [2.75, 3.05) is 11.3 Å². The van der Waals surface area contributed by atoms with Crippen molar-refractivity contribution in [1.82, 2.24) is 0 Å². The van der Waals surface area contributed by atoms with Gasteiger partial charge in [0.05, 0.1) is 17.6 Å². The molecule has 0 unspecified atom stereocenters. The molecular weight excluding hydrogens is 386 g/mol. The van der Waals surface area contributed by atoms with Crippen molar-refractivity contribution >= 4 is 15.7 Å². The molecule has 0 fully saturated rings. The Bertz CT molecular complexity index is 992. The van der Waals surface area contributed by atoms with E-state index in [4.69, 9.17) is 4.74 Å². The van der Waals surface area contributed by atoms with E-state index in [0.29, 0.717) is 37.3 Å². The minimum atomic E-state index is -3.62. The maximum absolute atomic E-state index is 12.4. The van der Waals surface area contributed by atoms with Gasteiger partial charge in [-0.05, 0) is 48.7 Å². The molecule has 0 bridgehead atoms. The lowest BCUT2D eigenvalue weighted by molar-refractivity contribution is 0.131. The summed E-state index contributed by atoms with van der Waals surface area (Å²) in [6.45, 7) is 0.415. The highest BCUT2D eigenvalue weighted by Crippen LogP contribution is 2.18. The summed E-state index contributed by atoms with van der Waals surface area (Å²) in [5.74, 6) is 0.665. The van der Waals surface area contributed by atoms with Gasteiger partial charge in [0.25, 0.3) is 10.0 Å². The van der Waals surface area contributed by atoms with E-state index in [-0.39, 0.29) is 4.90 Å². The van der Waals surface area contributed by atoms with Gasteiger partial charge in [-0.1, -0.05) is 48.5 Å². The number of anilines is 1. The van der Waals surface area contributed by atoms with E-state index in [0.717, 1.165) is 5.56 Å². The molecule has 0 saturated carbocycles. The van der Waals surface area contributed by atoms with E-state index in [1.165, 1.54) is 0 Å². The van der Waals surface area contributed by atoms with Gasteiger partial charge in [0.1, 0.15) is 5.75 Å². The zero-order valence-electron chi connectivity index (χ0n) is 16.0. The number of para-hydroxylation sites is 1. The van der Waals surface area contributed by atoms with Crippen LogP contribution in [0.1, 0.15) is 18.4 Å². The topological polar surface area (TPSA) is 75.6 Å².